The first-order chi connectivity index (χ1) is 10.2. The van der Waals surface area contributed by atoms with Crippen LogP contribution in [-0.2, 0) is 4.79 Å². The summed E-state index contributed by atoms with van der Waals surface area (Å²) >= 11 is 0. The van der Waals surface area contributed by atoms with E-state index in [0.29, 0.717) is 12.2 Å². The van der Waals surface area contributed by atoms with Crippen molar-refractivity contribution in [3.63, 3.8) is 0 Å². The van der Waals surface area contributed by atoms with Gasteiger partial charge in [0.15, 0.2) is 5.82 Å². The summed E-state index contributed by atoms with van der Waals surface area (Å²) in [5.74, 6) is -0.292. The molecule has 0 aliphatic heterocycles. The first-order valence-electron chi connectivity index (χ1n) is 7.03. The third-order valence-electron chi connectivity index (χ3n) is 3.81. The molecule has 0 radical (unpaired) electrons. The Bertz CT molecular complexity index is 614. The lowest BCUT2D eigenvalue weighted by Gasteiger charge is -2.28. The first-order valence-corrected chi connectivity index (χ1v) is 7.03. The minimum Gasteiger partial charge on any atom is -0.481 e. The van der Waals surface area contributed by atoms with Crippen LogP contribution in [0.15, 0.2) is 31.0 Å². The highest BCUT2D eigenvalue weighted by Crippen LogP contribution is 2.28. The second-order valence-electron chi connectivity index (χ2n) is 5.26. The monoisotopic (exact) mass is 287 g/mol. The van der Waals surface area contributed by atoms with E-state index in [2.05, 4.69) is 20.4 Å². The van der Waals surface area contributed by atoms with Gasteiger partial charge in [-0.15, -0.1) is 0 Å². The van der Waals surface area contributed by atoms with Crippen molar-refractivity contribution in [3.05, 3.63) is 31.0 Å². The summed E-state index contributed by atoms with van der Waals surface area (Å²) < 4.78 is 1.60. The maximum Gasteiger partial charge on any atom is 0.306 e. The average molecular weight is 287 g/mol. The van der Waals surface area contributed by atoms with Crippen LogP contribution in [0, 0.1) is 5.92 Å². The van der Waals surface area contributed by atoms with Gasteiger partial charge >= 0.3 is 5.97 Å². The molecule has 1 aliphatic carbocycles. The number of hydrogen-bond donors (Lipinski definition) is 2. The van der Waals surface area contributed by atoms with Gasteiger partial charge in [-0.05, 0) is 31.4 Å². The molecule has 2 aromatic rings. The van der Waals surface area contributed by atoms with Gasteiger partial charge in [0, 0.05) is 12.2 Å². The van der Waals surface area contributed by atoms with E-state index in [-0.39, 0.29) is 12.0 Å². The standard InChI is InChI=1S/C14H17N5O2/c20-14(21)10-3-1-4-11(7-10)18-12-5-2-6-16-13(12)19-9-15-8-17-19/h2,5-6,8-11,18H,1,3-4,7H2,(H,20,21). The zero-order valence-corrected chi connectivity index (χ0v) is 11.5. The highest BCUT2D eigenvalue weighted by Gasteiger charge is 2.27. The smallest absolute Gasteiger partial charge is 0.306 e. The number of nitrogens with one attached hydrogen (secondary N) is 1. The molecule has 0 saturated heterocycles. The fraction of sp³-hybridized carbons (Fsp3) is 0.429. The zero-order valence-electron chi connectivity index (χ0n) is 11.5. The minimum absolute atomic E-state index is 0.145. The van der Waals surface area contributed by atoms with Crippen molar-refractivity contribution >= 4 is 11.7 Å². The van der Waals surface area contributed by atoms with E-state index in [4.69, 9.17) is 5.11 Å². The largest absolute Gasteiger partial charge is 0.481 e. The van der Waals surface area contributed by atoms with E-state index < -0.39 is 5.97 Å². The number of carboxylic acid groups (broad SMARTS) is 1. The minimum atomic E-state index is -0.704. The molecule has 7 heteroatoms. The molecule has 7 nitrogen and oxygen atoms in total. The summed E-state index contributed by atoms with van der Waals surface area (Å²) in [5, 5.41) is 16.7. The van der Waals surface area contributed by atoms with Gasteiger partial charge in [0.25, 0.3) is 0 Å². The maximum atomic E-state index is 11.1. The van der Waals surface area contributed by atoms with E-state index in [9.17, 15) is 4.79 Å². The Hall–Kier alpha value is -2.44. The number of hydrogen-bond acceptors (Lipinski definition) is 5. The van der Waals surface area contributed by atoms with Crippen molar-refractivity contribution in [2.24, 2.45) is 5.92 Å². The number of carbonyl (C=O) groups is 1. The van der Waals surface area contributed by atoms with Crippen LogP contribution in [0.2, 0.25) is 0 Å². The van der Waals surface area contributed by atoms with Crippen molar-refractivity contribution in [1.29, 1.82) is 0 Å². The Kier molecular flexibility index (Phi) is 3.81. The van der Waals surface area contributed by atoms with Gasteiger partial charge in [-0.2, -0.15) is 5.10 Å². The highest BCUT2D eigenvalue weighted by molar-refractivity contribution is 5.70. The van der Waals surface area contributed by atoms with Gasteiger partial charge in [0.1, 0.15) is 12.7 Å². The lowest BCUT2D eigenvalue weighted by atomic mass is 9.85. The van der Waals surface area contributed by atoms with Crippen molar-refractivity contribution in [2.75, 3.05) is 5.32 Å². The number of pyridine rings is 1. The number of anilines is 1. The molecule has 1 saturated carbocycles. The van der Waals surface area contributed by atoms with Crippen LogP contribution >= 0.6 is 0 Å². The summed E-state index contributed by atoms with van der Waals surface area (Å²) in [4.78, 5) is 19.4. The molecule has 2 atom stereocenters. The van der Waals surface area contributed by atoms with E-state index in [1.807, 2.05) is 12.1 Å². The normalized spacial score (nSPS) is 21.9. The molecule has 2 aromatic heterocycles. The number of nitrogens with zero attached hydrogens (tertiary/aromatic N) is 4. The van der Waals surface area contributed by atoms with E-state index in [1.165, 1.54) is 6.33 Å². The molecule has 21 heavy (non-hydrogen) atoms. The molecular formula is C14H17N5O2. The topological polar surface area (TPSA) is 92.9 Å². The Morgan fingerprint density at radius 1 is 1.43 bits per heavy atom. The molecular weight excluding hydrogens is 270 g/mol. The fourth-order valence-corrected chi connectivity index (χ4v) is 2.77. The summed E-state index contributed by atoms with van der Waals surface area (Å²) in [7, 11) is 0. The molecule has 3 rings (SSSR count). The van der Waals surface area contributed by atoms with Gasteiger partial charge in [-0.25, -0.2) is 14.6 Å². The third-order valence-corrected chi connectivity index (χ3v) is 3.81. The van der Waals surface area contributed by atoms with Crippen LogP contribution < -0.4 is 5.32 Å². The highest BCUT2D eigenvalue weighted by atomic mass is 16.4. The molecule has 2 heterocycles. The van der Waals surface area contributed by atoms with Gasteiger partial charge in [-0.3, -0.25) is 4.79 Å². The van der Waals surface area contributed by atoms with Crippen molar-refractivity contribution in [2.45, 2.75) is 31.7 Å². The molecule has 0 amide bonds. The Balaban J connectivity index is 1.77. The fourth-order valence-electron chi connectivity index (χ4n) is 2.77. The van der Waals surface area contributed by atoms with Crippen molar-refractivity contribution < 1.29 is 9.90 Å². The zero-order chi connectivity index (χ0) is 14.7. The van der Waals surface area contributed by atoms with E-state index in [1.54, 1.807) is 17.2 Å². The van der Waals surface area contributed by atoms with Crippen molar-refractivity contribution in [3.8, 4) is 5.82 Å². The quantitative estimate of drug-likeness (QED) is 0.889. The average Bonchev–Trinajstić information content (AvgIpc) is 3.02. The molecule has 2 unspecified atom stereocenters. The van der Waals surface area contributed by atoms with Crippen LogP contribution in [0.3, 0.4) is 0 Å². The van der Waals surface area contributed by atoms with Crippen LogP contribution in [0.5, 0.6) is 0 Å². The lowest BCUT2D eigenvalue weighted by Crippen LogP contribution is -2.31. The molecule has 1 aliphatic rings. The Morgan fingerprint density at radius 2 is 2.33 bits per heavy atom. The summed E-state index contributed by atoms with van der Waals surface area (Å²) in [6.45, 7) is 0. The number of aliphatic carboxylic acids is 1. The number of carboxylic acids is 1. The predicted octanol–water partition coefficient (Wildman–Crippen LogP) is 1.72. The molecule has 0 bridgehead atoms. The third kappa shape index (κ3) is 3.01. The molecule has 1 fully saturated rings. The molecule has 0 spiro atoms. The van der Waals surface area contributed by atoms with Crippen molar-refractivity contribution in [1.82, 2.24) is 19.7 Å². The molecule has 110 valence electrons. The van der Waals surface area contributed by atoms with Crippen LogP contribution in [-0.4, -0.2) is 36.9 Å². The first kappa shape index (κ1) is 13.5. The van der Waals surface area contributed by atoms with Crippen LogP contribution in [0.1, 0.15) is 25.7 Å². The Morgan fingerprint density at radius 3 is 3.10 bits per heavy atom. The Labute approximate surface area is 122 Å². The summed E-state index contributed by atoms with van der Waals surface area (Å²) in [5.41, 5.74) is 0.846. The maximum absolute atomic E-state index is 11.1. The SMILES string of the molecule is O=C(O)C1CCCC(Nc2cccnc2-n2cncn2)C1. The van der Waals surface area contributed by atoms with Crippen LogP contribution in [0.4, 0.5) is 5.69 Å². The second-order valence-corrected chi connectivity index (χ2v) is 5.26. The molecule has 0 aromatic carbocycles. The number of rotatable bonds is 4. The predicted molar refractivity (Wildman–Crippen MR) is 76.2 cm³/mol. The van der Waals surface area contributed by atoms with Crippen LogP contribution in [0.25, 0.3) is 5.82 Å². The van der Waals surface area contributed by atoms with Gasteiger partial charge in [0.2, 0.25) is 0 Å². The second kappa shape index (κ2) is 5.90. The van der Waals surface area contributed by atoms with Gasteiger partial charge in [0.05, 0.1) is 11.6 Å². The van der Waals surface area contributed by atoms with Gasteiger partial charge < -0.3 is 10.4 Å². The summed E-state index contributed by atoms with van der Waals surface area (Å²) in [6.07, 6.45) is 8.04. The summed E-state index contributed by atoms with van der Waals surface area (Å²) in [6, 6.07) is 3.92. The number of aromatic nitrogens is 4. The van der Waals surface area contributed by atoms with Gasteiger partial charge in [-0.1, -0.05) is 6.42 Å². The molecule has 2 N–H and O–H groups in total. The van der Waals surface area contributed by atoms with E-state index in [0.717, 1.165) is 24.9 Å². The lowest BCUT2D eigenvalue weighted by molar-refractivity contribution is -0.142. The van der Waals surface area contributed by atoms with E-state index >= 15 is 0 Å².